The fourth-order valence-electron chi connectivity index (χ4n) is 1.78. The van der Waals surface area contributed by atoms with E-state index in [2.05, 4.69) is 44.5 Å². The molecule has 0 heterocycles. The second-order valence-electron chi connectivity index (χ2n) is 4.47. The zero-order chi connectivity index (χ0) is 13.3. The molecule has 3 unspecified atom stereocenters. The SMILES string of the molecule is [B]C(C)NCC(C)C(/C=C\C=C)/C(C)=C\C=C. The molecule has 0 aliphatic heterocycles. The fourth-order valence-corrected chi connectivity index (χ4v) is 1.78. The molecule has 0 aromatic rings. The number of rotatable bonds is 8. The standard InChI is InChI=1S/C15H24BN/c1-6-8-10-15(12(3)9-7-2)13(4)11-17-14(5)16/h6-10,13-15,17H,1-2,11H2,3-5H3/b10-8-,12-9-. The Morgan fingerprint density at radius 3 is 2.41 bits per heavy atom. The second kappa shape index (κ2) is 9.06. The van der Waals surface area contributed by atoms with Crippen molar-refractivity contribution in [1.82, 2.24) is 5.32 Å². The predicted octanol–water partition coefficient (Wildman–Crippen LogP) is 3.22. The quantitative estimate of drug-likeness (QED) is 0.497. The first-order chi connectivity index (χ1) is 8.02. The average molecular weight is 229 g/mol. The summed E-state index contributed by atoms with van der Waals surface area (Å²) in [5.41, 5.74) is 1.30. The average Bonchev–Trinajstić information content (AvgIpc) is 2.27. The van der Waals surface area contributed by atoms with E-state index in [-0.39, 0.29) is 5.94 Å². The highest BCUT2D eigenvalue weighted by Crippen LogP contribution is 2.22. The summed E-state index contributed by atoms with van der Waals surface area (Å²) in [6.07, 6.45) is 9.86. The summed E-state index contributed by atoms with van der Waals surface area (Å²) in [5.74, 6) is 0.899. The molecule has 0 aromatic heterocycles. The van der Waals surface area contributed by atoms with E-state index in [0.717, 1.165) is 6.54 Å². The van der Waals surface area contributed by atoms with E-state index in [4.69, 9.17) is 7.85 Å². The van der Waals surface area contributed by atoms with Crippen molar-refractivity contribution in [2.45, 2.75) is 26.7 Å². The minimum atomic E-state index is 0.0326. The van der Waals surface area contributed by atoms with Crippen molar-refractivity contribution >= 4 is 7.85 Å². The lowest BCUT2D eigenvalue weighted by molar-refractivity contribution is 0.438. The maximum absolute atomic E-state index is 5.70. The van der Waals surface area contributed by atoms with Gasteiger partial charge in [-0.15, -0.1) is 0 Å². The van der Waals surface area contributed by atoms with Gasteiger partial charge in [0.15, 0.2) is 0 Å². The van der Waals surface area contributed by atoms with Gasteiger partial charge in [0.05, 0.1) is 7.85 Å². The maximum atomic E-state index is 5.70. The summed E-state index contributed by atoms with van der Waals surface area (Å²) in [4.78, 5) is 0. The van der Waals surface area contributed by atoms with E-state index in [0.29, 0.717) is 11.8 Å². The molecule has 0 aliphatic carbocycles. The van der Waals surface area contributed by atoms with Crippen LogP contribution in [0.3, 0.4) is 0 Å². The molecular weight excluding hydrogens is 205 g/mol. The van der Waals surface area contributed by atoms with Gasteiger partial charge in [0.1, 0.15) is 0 Å². The van der Waals surface area contributed by atoms with Crippen LogP contribution in [0.5, 0.6) is 0 Å². The molecule has 1 N–H and O–H groups in total. The van der Waals surface area contributed by atoms with E-state index in [1.807, 2.05) is 19.1 Å². The Balaban J connectivity index is 4.66. The molecule has 17 heavy (non-hydrogen) atoms. The van der Waals surface area contributed by atoms with Gasteiger partial charge in [-0.3, -0.25) is 0 Å². The van der Waals surface area contributed by atoms with Crippen molar-refractivity contribution in [3.05, 3.63) is 49.1 Å². The van der Waals surface area contributed by atoms with Gasteiger partial charge in [-0.2, -0.15) is 0 Å². The molecule has 2 radical (unpaired) electrons. The van der Waals surface area contributed by atoms with Crippen LogP contribution < -0.4 is 5.32 Å². The summed E-state index contributed by atoms with van der Waals surface area (Å²) in [6.45, 7) is 14.6. The third-order valence-electron chi connectivity index (χ3n) is 2.74. The highest BCUT2D eigenvalue weighted by Gasteiger charge is 2.15. The van der Waals surface area contributed by atoms with Crippen LogP contribution in [-0.4, -0.2) is 20.3 Å². The largest absolute Gasteiger partial charge is 0.322 e. The van der Waals surface area contributed by atoms with Crippen LogP contribution in [0.2, 0.25) is 0 Å². The van der Waals surface area contributed by atoms with Gasteiger partial charge in [-0.25, -0.2) is 0 Å². The highest BCUT2D eigenvalue weighted by atomic mass is 14.9. The molecule has 0 spiro atoms. The monoisotopic (exact) mass is 229 g/mol. The Kier molecular flexibility index (Phi) is 8.52. The highest BCUT2D eigenvalue weighted by molar-refractivity contribution is 6.11. The fraction of sp³-hybridized carbons (Fsp3) is 0.467. The predicted molar refractivity (Wildman–Crippen MR) is 79.2 cm³/mol. The first kappa shape index (κ1) is 16.0. The molecule has 0 aromatic carbocycles. The van der Waals surface area contributed by atoms with E-state index in [9.17, 15) is 0 Å². The van der Waals surface area contributed by atoms with Gasteiger partial charge in [-0.1, -0.05) is 63.0 Å². The molecule has 1 nitrogen and oxygen atoms in total. The van der Waals surface area contributed by atoms with Crippen molar-refractivity contribution in [2.24, 2.45) is 11.8 Å². The van der Waals surface area contributed by atoms with Gasteiger partial charge in [0, 0.05) is 5.92 Å². The second-order valence-corrected chi connectivity index (χ2v) is 4.47. The van der Waals surface area contributed by atoms with Gasteiger partial charge in [0.2, 0.25) is 0 Å². The maximum Gasteiger partial charge on any atom is 0.0902 e. The Morgan fingerprint density at radius 2 is 1.94 bits per heavy atom. The minimum absolute atomic E-state index is 0.0326. The van der Waals surface area contributed by atoms with Crippen LogP contribution in [0.1, 0.15) is 20.8 Å². The lowest BCUT2D eigenvalue weighted by Crippen LogP contribution is -2.33. The Labute approximate surface area is 108 Å². The molecule has 0 fully saturated rings. The Hall–Kier alpha value is -1.02. The molecule has 2 heteroatoms. The van der Waals surface area contributed by atoms with Gasteiger partial charge < -0.3 is 5.32 Å². The summed E-state index contributed by atoms with van der Waals surface area (Å²) in [6, 6.07) is 0. The summed E-state index contributed by atoms with van der Waals surface area (Å²) < 4.78 is 0. The molecule has 92 valence electrons. The molecular formula is C15H24BN. The molecule has 0 amide bonds. The van der Waals surface area contributed by atoms with E-state index in [1.54, 1.807) is 6.08 Å². The van der Waals surface area contributed by atoms with Crippen LogP contribution in [-0.2, 0) is 0 Å². The van der Waals surface area contributed by atoms with Crippen LogP contribution in [0.25, 0.3) is 0 Å². The molecule has 0 bridgehead atoms. The number of allylic oxidation sites excluding steroid dienone is 6. The lowest BCUT2D eigenvalue weighted by atomic mass is 9.86. The molecule has 0 rings (SSSR count). The van der Waals surface area contributed by atoms with E-state index >= 15 is 0 Å². The number of hydrogen-bond donors (Lipinski definition) is 1. The number of hydrogen-bond acceptors (Lipinski definition) is 1. The van der Waals surface area contributed by atoms with Crippen LogP contribution in [0, 0.1) is 11.8 Å². The van der Waals surface area contributed by atoms with Crippen molar-refractivity contribution in [3.8, 4) is 0 Å². The Bertz CT molecular complexity index is 289. The zero-order valence-electron chi connectivity index (χ0n) is 11.3. The smallest absolute Gasteiger partial charge is 0.0902 e. The first-order valence-electron chi connectivity index (χ1n) is 6.10. The lowest BCUT2D eigenvalue weighted by Gasteiger charge is -2.23. The summed E-state index contributed by atoms with van der Waals surface area (Å²) in [7, 11) is 5.70. The third-order valence-corrected chi connectivity index (χ3v) is 2.74. The van der Waals surface area contributed by atoms with E-state index in [1.165, 1.54) is 5.57 Å². The van der Waals surface area contributed by atoms with Crippen LogP contribution in [0.4, 0.5) is 0 Å². The molecule has 0 saturated carbocycles. The minimum Gasteiger partial charge on any atom is -0.322 e. The molecule has 0 aliphatic rings. The van der Waals surface area contributed by atoms with Gasteiger partial charge >= 0.3 is 0 Å². The van der Waals surface area contributed by atoms with E-state index < -0.39 is 0 Å². The molecule has 3 atom stereocenters. The Morgan fingerprint density at radius 1 is 1.29 bits per heavy atom. The van der Waals surface area contributed by atoms with Gasteiger partial charge in [0.25, 0.3) is 0 Å². The van der Waals surface area contributed by atoms with Crippen molar-refractivity contribution < 1.29 is 0 Å². The number of nitrogens with one attached hydrogen (secondary N) is 1. The van der Waals surface area contributed by atoms with Crippen molar-refractivity contribution in [2.75, 3.05) is 6.54 Å². The normalized spacial score (nSPS) is 17.7. The van der Waals surface area contributed by atoms with Crippen molar-refractivity contribution in [3.63, 3.8) is 0 Å². The van der Waals surface area contributed by atoms with Gasteiger partial charge in [-0.05, 0) is 25.3 Å². The summed E-state index contributed by atoms with van der Waals surface area (Å²) in [5, 5.41) is 3.26. The molecule has 0 saturated heterocycles. The first-order valence-corrected chi connectivity index (χ1v) is 6.10. The topological polar surface area (TPSA) is 12.0 Å². The summed E-state index contributed by atoms with van der Waals surface area (Å²) >= 11 is 0. The van der Waals surface area contributed by atoms with Crippen molar-refractivity contribution in [1.29, 1.82) is 0 Å². The van der Waals surface area contributed by atoms with Crippen LogP contribution in [0.15, 0.2) is 49.1 Å². The van der Waals surface area contributed by atoms with Crippen LogP contribution >= 0.6 is 0 Å². The third kappa shape index (κ3) is 7.01. The zero-order valence-corrected chi connectivity index (χ0v) is 11.3.